The van der Waals surface area contributed by atoms with Crippen molar-refractivity contribution in [2.75, 3.05) is 0 Å². The zero-order valence-corrected chi connectivity index (χ0v) is 18.6. The van der Waals surface area contributed by atoms with Crippen LogP contribution in [0.2, 0.25) is 0 Å². The summed E-state index contributed by atoms with van der Waals surface area (Å²) in [4.78, 5) is 11.1. The van der Waals surface area contributed by atoms with Crippen molar-refractivity contribution in [3.8, 4) is 22.6 Å². The molecule has 1 aliphatic heterocycles. The van der Waals surface area contributed by atoms with Gasteiger partial charge >= 0.3 is 5.97 Å². The number of carbonyl (C=O) groups is 1. The van der Waals surface area contributed by atoms with Crippen molar-refractivity contribution in [2.45, 2.75) is 57.7 Å². The van der Waals surface area contributed by atoms with Crippen molar-refractivity contribution in [1.29, 1.82) is 0 Å². The summed E-state index contributed by atoms with van der Waals surface area (Å²) in [6, 6.07) is 20.9. The van der Waals surface area contributed by atoms with Crippen LogP contribution >= 0.6 is 0 Å². The second-order valence-electron chi connectivity index (χ2n) is 9.51. The van der Waals surface area contributed by atoms with E-state index in [-0.39, 0.29) is 17.9 Å². The molecule has 0 saturated carbocycles. The third kappa shape index (κ3) is 4.10. The van der Waals surface area contributed by atoms with Gasteiger partial charge in [-0.1, -0.05) is 36.4 Å². The van der Waals surface area contributed by atoms with Gasteiger partial charge in [-0.3, -0.25) is 4.79 Å². The first-order chi connectivity index (χ1) is 15.4. The lowest BCUT2D eigenvalue weighted by molar-refractivity contribution is -0.137. The summed E-state index contributed by atoms with van der Waals surface area (Å²) in [5, 5.41) is 9.15. The number of benzene rings is 3. The van der Waals surface area contributed by atoms with Crippen LogP contribution in [0.1, 0.15) is 54.9 Å². The van der Waals surface area contributed by atoms with Crippen LogP contribution in [0.25, 0.3) is 11.1 Å². The maximum Gasteiger partial charge on any atom is 0.303 e. The van der Waals surface area contributed by atoms with Gasteiger partial charge in [0.2, 0.25) is 0 Å². The summed E-state index contributed by atoms with van der Waals surface area (Å²) in [6.07, 6.45) is 2.86. The van der Waals surface area contributed by atoms with E-state index in [2.05, 4.69) is 56.3 Å². The van der Waals surface area contributed by atoms with Gasteiger partial charge in [-0.2, -0.15) is 0 Å². The Morgan fingerprint density at radius 3 is 2.66 bits per heavy atom. The molecule has 1 atom stereocenters. The number of rotatable bonds is 6. The topological polar surface area (TPSA) is 55.8 Å². The molecule has 2 aliphatic rings. The van der Waals surface area contributed by atoms with E-state index in [1.807, 2.05) is 18.2 Å². The fourth-order valence-electron chi connectivity index (χ4n) is 5.05. The average molecular weight is 429 g/mol. The standard InChI is InChI=1S/C28H28O4/c1-28(2)16-22-12-21(18-6-4-3-5-7-18)13-23(27(22)32-28)17-31-24-10-11-25-19(14-24)8-9-20(25)15-26(29)30/h3-7,10-14,20H,8-9,15-17H2,1-2H3,(H,29,30). The third-order valence-corrected chi connectivity index (χ3v) is 6.48. The molecule has 1 aliphatic carbocycles. The Morgan fingerprint density at radius 1 is 1.06 bits per heavy atom. The van der Waals surface area contributed by atoms with E-state index in [9.17, 15) is 4.79 Å². The number of aryl methyl sites for hydroxylation is 1. The highest BCUT2D eigenvalue weighted by molar-refractivity contribution is 5.69. The maximum absolute atomic E-state index is 11.1. The predicted octanol–water partition coefficient (Wildman–Crippen LogP) is 6.15. The molecule has 4 nitrogen and oxygen atoms in total. The molecule has 0 bridgehead atoms. The van der Waals surface area contributed by atoms with Crippen LogP contribution in [-0.4, -0.2) is 16.7 Å². The van der Waals surface area contributed by atoms with Crippen LogP contribution in [-0.2, 0) is 24.2 Å². The van der Waals surface area contributed by atoms with Gasteiger partial charge in [0, 0.05) is 12.0 Å². The van der Waals surface area contributed by atoms with E-state index >= 15 is 0 Å². The normalized spacial score (nSPS) is 18.0. The number of ether oxygens (including phenoxy) is 2. The molecular weight excluding hydrogens is 400 g/mol. The highest BCUT2D eigenvalue weighted by Crippen LogP contribution is 2.42. The molecule has 0 amide bonds. The summed E-state index contributed by atoms with van der Waals surface area (Å²) in [7, 11) is 0. The quantitative estimate of drug-likeness (QED) is 0.512. The zero-order valence-electron chi connectivity index (χ0n) is 18.6. The molecule has 4 heteroatoms. The van der Waals surface area contributed by atoms with Crippen molar-refractivity contribution in [3.63, 3.8) is 0 Å². The van der Waals surface area contributed by atoms with Crippen LogP contribution in [0.4, 0.5) is 0 Å². The first-order valence-electron chi connectivity index (χ1n) is 11.3. The molecule has 0 fully saturated rings. The molecule has 3 aromatic rings. The molecule has 3 aromatic carbocycles. The molecule has 1 heterocycles. The monoisotopic (exact) mass is 428 g/mol. The van der Waals surface area contributed by atoms with Gasteiger partial charge in [0.1, 0.15) is 23.7 Å². The molecule has 0 spiro atoms. The predicted molar refractivity (Wildman–Crippen MR) is 124 cm³/mol. The lowest BCUT2D eigenvalue weighted by Gasteiger charge is -2.19. The molecule has 0 aromatic heterocycles. The fourth-order valence-corrected chi connectivity index (χ4v) is 5.05. The Bertz CT molecular complexity index is 1160. The molecule has 1 unspecified atom stereocenters. The Labute approximate surface area is 188 Å². The highest BCUT2D eigenvalue weighted by atomic mass is 16.5. The van der Waals surface area contributed by atoms with Gasteiger partial charge < -0.3 is 14.6 Å². The lowest BCUT2D eigenvalue weighted by atomic mass is 9.95. The number of hydrogen-bond donors (Lipinski definition) is 1. The number of hydrogen-bond acceptors (Lipinski definition) is 3. The minimum atomic E-state index is -0.738. The molecular formula is C28H28O4. The summed E-state index contributed by atoms with van der Waals surface area (Å²) < 4.78 is 12.5. The van der Waals surface area contributed by atoms with E-state index in [1.165, 1.54) is 22.3 Å². The van der Waals surface area contributed by atoms with E-state index < -0.39 is 5.97 Å². The van der Waals surface area contributed by atoms with Gasteiger partial charge in [-0.25, -0.2) is 0 Å². The summed E-state index contributed by atoms with van der Waals surface area (Å²) in [5.41, 5.74) is 6.76. The SMILES string of the molecule is CC1(C)Cc2cc(-c3ccccc3)cc(COc3ccc4c(c3)CCC4CC(=O)O)c2O1. The molecule has 0 saturated heterocycles. The van der Waals surface area contributed by atoms with Crippen molar-refractivity contribution in [3.05, 3.63) is 82.9 Å². The Kier molecular flexibility index (Phi) is 5.16. The molecule has 0 radical (unpaired) electrons. The minimum absolute atomic E-state index is 0.109. The average Bonchev–Trinajstić information content (AvgIpc) is 3.30. The van der Waals surface area contributed by atoms with Gasteiger partial charge in [-0.15, -0.1) is 0 Å². The van der Waals surface area contributed by atoms with Crippen molar-refractivity contribution >= 4 is 5.97 Å². The van der Waals surface area contributed by atoms with E-state index in [0.717, 1.165) is 41.9 Å². The molecule has 1 N–H and O–H groups in total. The largest absolute Gasteiger partial charge is 0.489 e. The number of carboxylic acid groups (broad SMARTS) is 1. The Hall–Kier alpha value is -3.27. The van der Waals surface area contributed by atoms with Crippen molar-refractivity contribution in [2.24, 2.45) is 0 Å². The highest BCUT2D eigenvalue weighted by Gasteiger charge is 2.32. The summed E-state index contributed by atoms with van der Waals surface area (Å²) >= 11 is 0. The lowest BCUT2D eigenvalue weighted by Crippen LogP contribution is -2.25. The van der Waals surface area contributed by atoms with Crippen LogP contribution in [0.3, 0.4) is 0 Å². The Morgan fingerprint density at radius 2 is 1.88 bits per heavy atom. The van der Waals surface area contributed by atoms with Crippen LogP contribution in [0.5, 0.6) is 11.5 Å². The van der Waals surface area contributed by atoms with Crippen LogP contribution in [0.15, 0.2) is 60.7 Å². The van der Waals surface area contributed by atoms with Crippen molar-refractivity contribution in [1.82, 2.24) is 0 Å². The van der Waals surface area contributed by atoms with Gasteiger partial charge in [0.15, 0.2) is 0 Å². The summed E-state index contributed by atoms with van der Waals surface area (Å²) in [5.74, 6) is 1.13. The van der Waals surface area contributed by atoms with E-state index in [1.54, 1.807) is 0 Å². The smallest absolute Gasteiger partial charge is 0.303 e. The molecule has 5 rings (SSSR count). The number of carboxylic acids is 1. The first-order valence-corrected chi connectivity index (χ1v) is 11.3. The van der Waals surface area contributed by atoms with E-state index in [4.69, 9.17) is 14.6 Å². The van der Waals surface area contributed by atoms with Gasteiger partial charge in [0.05, 0.1) is 6.42 Å². The van der Waals surface area contributed by atoms with Crippen LogP contribution in [0, 0.1) is 0 Å². The van der Waals surface area contributed by atoms with Gasteiger partial charge in [-0.05, 0) is 84.7 Å². The second-order valence-corrected chi connectivity index (χ2v) is 9.51. The minimum Gasteiger partial charge on any atom is -0.489 e. The van der Waals surface area contributed by atoms with E-state index in [0.29, 0.717) is 6.61 Å². The van der Waals surface area contributed by atoms with Crippen LogP contribution < -0.4 is 9.47 Å². The fraction of sp³-hybridized carbons (Fsp3) is 0.321. The Balaban J connectivity index is 1.40. The molecule has 32 heavy (non-hydrogen) atoms. The molecule has 164 valence electrons. The zero-order chi connectivity index (χ0) is 22.3. The second kappa shape index (κ2) is 8.01. The third-order valence-electron chi connectivity index (χ3n) is 6.48. The first kappa shape index (κ1) is 20.6. The number of aliphatic carboxylic acids is 1. The van der Waals surface area contributed by atoms with Gasteiger partial charge in [0.25, 0.3) is 0 Å². The maximum atomic E-state index is 11.1. The summed E-state index contributed by atoms with van der Waals surface area (Å²) in [6.45, 7) is 4.66. The van der Waals surface area contributed by atoms with Crippen molar-refractivity contribution < 1.29 is 19.4 Å². The number of fused-ring (bicyclic) bond motifs is 2.